The van der Waals surface area contributed by atoms with Gasteiger partial charge in [0.05, 0.1) is 4.99 Å². The fraction of sp³-hybridized carbons (Fsp3) is 0.917. The second kappa shape index (κ2) is 6.44. The Morgan fingerprint density at radius 3 is 2.80 bits per heavy atom. The topological polar surface area (TPSA) is 29.3 Å². The Labute approximate surface area is 99.2 Å². The van der Waals surface area contributed by atoms with E-state index in [2.05, 4.69) is 18.7 Å². The van der Waals surface area contributed by atoms with E-state index in [1.807, 2.05) is 0 Å². The number of thiocarbonyl (C=S) groups is 1. The van der Waals surface area contributed by atoms with Crippen LogP contribution in [0.15, 0.2) is 0 Å². The minimum Gasteiger partial charge on any atom is -0.393 e. The van der Waals surface area contributed by atoms with E-state index in [1.54, 1.807) is 0 Å². The van der Waals surface area contributed by atoms with Crippen LogP contribution in [0.2, 0.25) is 0 Å². The number of piperidine rings is 1. The number of likely N-dealkylation sites (tertiary alicyclic amines) is 1. The predicted octanol–water partition coefficient (Wildman–Crippen LogP) is 2.56. The lowest BCUT2D eigenvalue weighted by Gasteiger charge is -2.37. The molecule has 1 aliphatic heterocycles. The normalized spacial score (nSPS) is 25.1. The van der Waals surface area contributed by atoms with Crippen LogP contribution in [0.4, 0.5) is 0 Å². The van der Waals surface area contributed by atoms with Gasteiger partial charge in [-0.25, -0.2) is 0 Å². The Bertz CT molecular complexity index is 206. The smallest absolute Gasteiger partial charge is 0.0743 e. The summed E-state index contributed by atoms with van der Waals surface area (Å²) in [6, 6.07) is 0.580. The van der Waals surface area contributed by atoms with Gasteiger partial charge in [0.25, 0.3) is 0 Å². The maximum absolute atomic E-state index is 5.65. The fourth-order valence-corrected chi connectivity index (χ4v) is 2.72. The lowest BCUT2D eigenvalue weighted by atomic mass is 9.93. The molecular weight excluding hydrogens is 204 g/mol. The Balaban J connectivity index is 2.47. The van der Waals surface area contributed by atoms with E-state index < -0.39 is 0 Å². The van der Waals surface area contributed by atoms with Crippen molar-refractivity contribution in [3.05, 3.63) is 0 Å². The first kappa shape index (κ1) is 12.9. The van der Waals surface area contributed by atoms with Crippen molar-refractivity contribution in [3.63, 3.8) is 0 Å². The Morgan fingerprint density at radius 1 is 1.53 bits per heavy atom. The standard InChI is InChI=1S/C12H24N2S/c1-3-10-6-5-7-14(9-10)11(4-2)8-12(13)15/h10-11H,3-9H2,1-2H3,(H2,13,15). The van der Waals surface area contributed by atoms with Crippen molar-refractivity contribution in [2.45, 2.75) is 52.0 Å². The molecule has 1 saturated heterocycles. The molecule has 2 nitrogen and oxygen atoms in total. The second-order valence-corrected chi connectivity index (χ2v) is 5.17. The van der Waals surface area contributed by atoms with Crippen molar-refractivity contribution in [3.8, 4) is 0 Å². The molecule has 2 unspecified atom stereocenters. The van der Waals surface area contributed by atoms with Crippen LogP contribution in [-0.2, 0) is 0 Å². The summed E-state index contributed by atoms with van der Waals surface area (Å²) in [5, 5.41) is 0. The molecule has 0 aromatic rings. The van der Waals surface area contributed by atoms with E-state index in [9.17, 15) is 0 Å². The van der Waals surface area contributed by atoms with Crippen molar-refractivity contribution in [1.82, 2.24) is 4.90 Å². The van der Waals surface area contributed by atoms with E-state index in [0.29, 0.717) is 11.0 Å². The van der Waals surface area contributed by atoms with Gasteiger partial charge in [0.15, 0.2) is 0 Å². The zero-order chi connectivity index (χ0) is 11.3. The molecule has 0 aliphatic carbocycles. The molecule has 0 radical (unpaired) electrons. The SMILES string of the molecule is CCC1CCCN(C(CC)CC(N)=S)C1. The third-order valence-corrected chi connectivity index (χ3v) is 3.72. The van der Waals surface area contributed by atoms with Crippen molar-refractivity contribution in [2.24, 2.45) is 11.7 Å². The quantitative estimate of drug-likeness (QED) is 0.733. The number of hydrogen-bond donors (Lipinski definition) is 1. The summed E-state index contributed by atoms with van der Waals surface area (Å²) in [7, 11) is 0. The largest absolute Gasteiger partial charge is 0.393 e. The summed E-state index contributed by atoms with van der Waals surface area (Å²) in [5.74, 6) is 0.888. The molecule has 1 fully saturated rings. The van der Waals surface area contributed by atoms with Crippen molar-refractivity contribution in [2.75, 3.05) is 13.1 Å². The van der Waals surface area contributed by atoms with Gasteiger partial charge < -0.3 is 5.73 Å². The molecule has 1 aliphatic rings. The van der Waals surface area contributed by atoms with E-state index in [4.69, 9.17) is 18.0 Å². The molecule has 1 rings (SSSR count). The highest BCUT2D eigenvalue weighted by Gasteiger charge is 2.24. The Morgan fingerprint density at radius 2 is 2.27 bits per heavy atom. The lowest BCUT2D eigenvalue weighted by molar-refractivity contribution is 0.121. The Hall–Kier alpha value is -0.150. The van der Waals surface area contributed by atoms with Gasteiger partial charge in [0, 0.05) is 19.0 Å². The van der Waals surface area contributed by atoms with Gasteiger partial charge in [0.1, 0.15) is 0 Å². The van der Waals surface area contributed by atoms with Gasteiger partial charge in [-0.15, -0.1) is 0 Å². The van der Waals surface area contributed by atoms with Crippen LogP contribution in [0.25, 0.3) is 0 Å². The van der Waals surface area contributed by atoms with Crippen LogP contribution < -0.4 is 5.73 Å². The van der Waals surface area contributed by atoms with Gasteiger partial charge in [-0.2, -0.15) is 0 Å². The third-order valence-electron chi connectivity index (χ3n) is 3.55. The monoisotopic (exact) mass is 228 g/mol. The third kappa shape index (κ3) is 4.07. The highest BCUT2D eigenvalue weighted by atomic mass is 32.1. The summed E-state index contributed by atoms with van der Waals surface area (Å²) in [4.78, 5) is 3.26. The van der Waals surface area contributed by atoms with Crippen LogP contribution in [-0.4, -0.2) is 29.0 Å². The van der Waals surface area contributed by atoms with Gasteiger partial charge in [-0.05, 0) is 31.7 Å². The summed E-state index contributed by atoms with van der Waals surface area (Å²) >= 11 is 5.02. The zero-order valence-electron chi connectivity index (χ0n) is 10.0. The molecule has 2 atom stereocenters. The molecule has 0 aromatic carbocycles. The van der Waals surface area contributed by atoms with Gasteiger partial charge in [-0.1, -0.05) is 32.5 Å². The van der Waals surface area contributed by atoms with Crippen LogP contribution in [0, 0.1) is 5.92 Å². The number of rotatable bonds is 5. The minimum absolute atomic E-state index is 0.580. The molecule has 0 aromatic heterocycles. The number of hydrogen-bond acceptors (Lipinski definition) is 2. The van der Waals surface area contributed by atoms with Crippen LogP contribution in [0.5, 0.6) is 0 Å². The highest BCUT2D eigenvalue weighted by Crippen LogP contribution is 2.23. The van der Waals surface area contributed by atoms with Crippen molar-refractivity contribution in [1.29, 1.82) is 0 Å². The molecule has 1 heterocycles. The number of nitrogens with two attached hydrogens (primary N) is 1. The summed E-state index contributed by atoms with van der Waals surface area (Å²) in [6.45, 7) is 7.01. The molecule has 0 bridgehead atoms. The van der Waals surface area contributed by atoms with Crippen LogP contribution in [0.3, 0.4) is 0 Å². The van der Waals surface area contributed by atoms with Gasteiger partial charge >= 0.3 is 0 Å². The van der Waals surface area contributed by atoms with Gasteiger partial charge in [0.2, 0.25) is 0 Å². The Kier molecular flexibility index (Phi) is 5.54. The summed E-state index contributed by atoms with van der Waals surface area (Å²) in [5.41, 5.74) is 5.65. The molecule has 88 valence electrons. The molecule has 2 N–H and O–H groups in total. The number of nitrogens with zero attached hydrogens (tertiary/aromatic N) is 1. The van der Waals surface area contributed by atoms with E-state index in [0.717, 1.165) is 18.8 Å². The van der Waals surface area contributed by atoms with Crippen molar-refractivity contribution >= 4 is 17.2 Å². The second-order valence-electron chi connectivity index (χ2n) is 4.64. The summed E-state index contributed by atoms with van der Waals surface area (Å²) < 4.78 is 0. The van der Waals surface area contributed by atoms with E-state index in [-0.39, 0.29) is 0 Å². The summed E-state index contributed by atoms with van der Waals surface area (Å²) in [6.07, 6.45) is 6.10. The molecule has 0 amide bonds. The average molecular weight is 228 g/mol. The average Bonchev–Trinajstić information content (AvgIpc) is 2.25. The van der Waals surface area contributed by atoms with Crippen LogP contribution >= 0.6 is 12.2 Å². The minimum atomic E-state index is 0.580. The van der Waals surface area contributed by atoms with Gasteiger partial charge in [-0.3, -0.25) is 4.90 Å². The van der Waals surface area contributed by atoms with Crippen molar-refractivity contribution < 1.29 is 0 Å². The maximum atomic E-state index is 5.65. The lowest BCUT2D eigenvalue weighted by Crippen LogP contribution is -2.43. The predicted molar refractivity (Wildman–Crippen MR) is 70.1 cm³/mol. The first-order valence-electron chi connectivity index (χ1n) is 6.19. The first-order valence-corrected chi connectivity index (χ1v) is 6.60. The van der Waals surface area contributed by atoms with E-state index in [1.165, 1.54) is 32.4 Å². The molecule has 0 spiro atoms. The fourth-order valence-electron chi connectivity index (χ4n) is 2.53. The molecule has 15 heavy (non-hydrogen) atoms. The molecule has 3 heteroatoms. The molecule has 0 saturated carbocycles. The zero-order valence-corrected chi connectivity index (χ0v) is 10.9. The first-order chi connectivity index (χ1) is 7.17. The maximum Gasteiger partial charge on any atom is 0.0743 e. The van der Waals surface area contributed by atoms with Crippen LogP contribution in [0.1, 0.15) is 46.0 Å². The highest BCUT2D eigenvalue weighted by molar-refractivity contribution is 7.80. The molecular formula is C12H24N2S. The van der Waals surface area contributed by atoms with E-state index >= 15 is 0 Å².